The van der Waals surface area contributed by atoms with Gasteiger partial charge in [-0.2, -0.15) is 5.10 Å². The molecule has 3 N–H and O–H groups in total. The quantitative estimate of drug-likeness (QED) is 0.352. The van der Waals surface area contributed by atoms with E-state index in [4.69, 9.17) is 10.9 Å². The monoisotopic (exact) mass is 251 g/mol. The highest BCUT2D eigenvalue weighted by molar-refractivity contribution is 5.82. The number of hydrogen-bond donors (Lipinski definition) is 2. The minimum absolute atomic E-state index is 0.239. The Kier molecular flexibility index (Phi) is 4.19. The molecule has 1 saturated heterocycles. The summed E-state index contributed by atoms with van der Waals surface area (Å²) in [4.78, 5) is 2.42. The molecule has 1 aromatic rings. The van der Waals surface area contributed by atoms with E-state index in [9.17, 15) is 0 Å². The summed E-state index contributed by atoms with van der Waals surface area (Å²) in [6.45, 7) is 3.07. The van der Waals surface area contributed by atoms with Gasteiger partial charge in [0.1, 0.15) is 5.84 Å². The van der Waals surface area contributed by atoms with Gasteiger partial charge in [0.15, 0.2) is 0 Å². The molecule has 100 valence electrons. The molecule has 1 aliphatic rings. The Bertz CT molecular complexity index is 406. The van der Waals surface area contributed by atoms with Crippen molar-refractivity contribution in [2.24, 2.45) is 23.9 Å². The molecule has 0 bridgehead atoms. The molecule has 6 nitrogen and oxygen atoms in total. The lowest BCUT2D eigenvalue weighted by atomic mass is 9.96. The SMILES string of the molecule is Cn1nccc1CCN1CCC(/C(N)=N/O)CC1. The fourth-order valence-corrected chi connectivity index (χ4v) is 2.45. The Labute approximate surface area is 107 Å². The molecule has 0 aromatic carbocycles. The molecule has 18 heavy (non-hydrogen) atoms. The molecule has 1 fully saturated rings. The van der Waals surface area contributed by atoms with Crippen LogP contribution in [-0.4, -0.2) is 45.4 Å². The summed E-state index contributed by atoms with van der Waals surface area (Å²) in [5.41, 5.74) is 6.89. The van der Waals surface area contributed by atoms with E-state index in [0.717, 1.165) is 38.9 Å². The largest absolute Gasteiger partial charge is 0.409 e. The highest BCUT2D eigenvalue weighted by Crippen LogP contribution is 2.17. The maximum atomic E-state index is 8.65. The second-order valence-electron chi connectivity index (χ2n) is 4.84. The molecule has 0 atom stereocenters. The minimum atomic E-state index is 0.239. The van der Waals surface area contributed by atoms with Crippen LogP contribution in [-0.2, 0) is 13.5 Å². The van der Waals surface area contributed by atoms with Crippen molar-refractivity contribution < 1.29 is 5.21 Å². The highest BCUT2D eigenvalue weighted by atomic mass is 16.4. The van der Waals surface area contributed by atoms with Gasteiger partial charge < -0.3 is 15.8 Å². The second-order valence-corrected chi connectivity index (χ2v) is 4.84. The van der Waals surface area contributed by atoms with Gasteiger partial charge in [0.2, 0.25) is 0 Å². The van der Waals surface area contributed by atoms with Crippen LogP contribution in [0, 0.1) is 5.92 Å². The van der Waals surface area contributed by atoms with Crippen molar-refractivity contribution in [3.8, 4) is 0 Å². The first-order valence-electron chi connectivity index (χ1n) is 6.37. The molecule has 0 unspecified atom stereocenters. The number of nitrogens with zero attached hydrogens (tertiary/aromatic N) is 4. The predicted molar refractivity (Wildman–Crippen MR) is 69.5 cm³/mol. The summed E-state index contributed by atoms with van der Waals surface area (Å²) < 4.78 is 1.92. The lowest BCUT2D eigenvalue weighted by molar-refractivity contribution is 0.207. The number of aromatic nitrogens is 2. The van der Waals surface area contributed by atoms with Crippen LogP contribution in [0.15, 0.2) is 17.4 Å². The fraction of sp³-hybridized carbons (Fsp3) is 0.667. The van der Waals surface area contributed by atoms with Gasteiger partial charge in [0.25, 0.3) is 0 Å². The molecule has 6 heteroatoms. The van der Waals surface area contributed by atoms with Gasteiger partial charge in [-0.05, 0) is 32.0 Å². The number of hydrogen-bond acceptors (Lipinski definition) is 4. The maximum absolute atomic E-state index is 8.65. The average molecular weight is 251 g/mol. The highest BCUT2D eigenvalue weighted by Gasteiger charge is 2.22. The molecule has 2 heterocycles. The zero-order valence-corrected chi connectivity index (χ0v) is 10.8. The number of amidine groups is 1. The Morgan fingerprint density at radius 1 is 1.56 bits per heavy atom. The van der Waals surface area contributed by atoms with E-state index in [0.29, 0.717) is 5.84 Å². The minimum Gasteiger partial charge on any atom is -0.409 e. The number of rotatable bonds is 4. The maximum Gasteiger partial charge on any atom is 0.142 e. The van der Waals surface area contributed by atoms with Gasteiger partial charge in [-0.1, -0.05) is 5.16 Å². The number of likely N-dealkylation sites (tertiary alicyclic amines) is 1. The van der Waals surface area contributed by atoms with E-state index in [2.05, 4.69) is 21.2 Å². The van der Waals surface area contributed by atoms with Crippen LogP contribution < -0.4 is 5.73 Å². The van der Waals surface area contributed by atoms with Crippen molar-refractivity contribution in [3.05, 3.63) is 18.0 Å². The van der Waals surface area contributed by atoms with Gasteiger partial charge in [0, 0.05) is 37.8 Å². The van der Waals surface area contributed by atoms with Gasteiger partial charge >= 0.3 is 0 Å². The van der Waals surface area contributed by atoms with Crippen LogP contribution in [0.3, 0.4) is 0 Å². The van der Waals surface area contributed by atoms with E-state index in [1.807, 2.05) is 17.9 Å². The third-order valence-corrected chi connectivity index (χ3v) is 3.73. The summed E-state index contributed by atoms with van der Waals surface area (Å²) in [6.07, 6.45) is 4.80. The van der Waals surface area contributed by atoms with Gasteiger partial charge in [0.05, 0.1) is 0 Å². The first-order chi connectivity index (χ1) is 8.70. The summed E-state index contributed by atoms with van der Waals surface area (Å²) in [6, 6.07) is 2.06. The zero-order chi connectivity index (χ0) is 13.0. The second kappa shape index (κ2) is 5.86. The summed E-state index contributed by atoms with van der Waals surface area (Å²) in [5.74, 6) is 0.615. The smallest absolute Gasteiger partial charge is 0.142 e. The van der Waals surface area contributed by atoms with Crippen LogP contribution >= 0.6 is 0 Å². The lowest BCUT2D eigenvalue weighted by Gasteiger charge is -2.31. The molecule has 1 aromatic heterocycles. The van der Waals surface area contributed by atoms with Crippen LogP contribution in [0.1, 0.15) is 18.5 Å². The van der Waals surface area contributed by atoms with Gasteiger partial charge in [-0.25, -0.2) is 0 Å². The van der Waals surface area contributed by atoms with Crippen molar-refractivity contribution in [3.63, 3.8) is 0 Å². The Morgan fingerprint density at radius 2 is 2.28 bits per heavy atom. The topological polar surface area (TPSA) is 79.7 Å². The van der Waals surface area contributed by atoms with Crippen molar-refractivity contribution >= 4 is 5.84 Å². The van der Waals surface area contributed by atoms with E-state index in [1.165, 1.54) is 5.69 Å². The molecule has 1 aliphatic heterocycles. The van der Waals surface area contributed by atoms with Crippen LogP contribution in [0.5, 0.6) is 0 Å². The third-order valence-electron chi connectivity index (χ3n) is 3.73. The Morgan fingerprint density at radius 3 is 2.83 bits per heavy atom. The molecule has 0 spiro atoms. The summed E-state index contributed by atoms with van der Waals surface area (Å²) in [5, 5.41) is 15.9. The first-order valence-corrected chi connectivity index (χ1v) is 6.37. The zero-order valence-electron chi connectivity index (χ0n) is 10.8. The molecular formula is C12H21N5O. The van der Waals surface area contributed by atoms with Crippen molar-refractivity contribution in [2.45, 2.75) is 19.3 Å². The number of aryl methyl sites for hydroxylation is 1. The normalized spacial score (nSPS) is 19.3. The van der Waals surface area contributed by atoms with E-state index in [-0.39, 0.29) is 5.92 Å². The number of piperidine rings is 1. The summed E-state index contributed by atoms with van der Waals surface area (Å²) >= 11 is 0. The number of oxime groups is 1. The first kappa shape index (κ1) is 12.9. The predicted octanol–water partition coefficient (Wildman–Crippen LogP) is 0.421. The lowest BCUT2D eigenvalue weighted by Crippen LogP contribution is -2.39. The van der Waals surface area contributed by atoms with Crippen molar-refractivity contribution in [2.75, 3.05) is 19.6 Å². The molecular weight excluding hydrogens is 230 g/mol. The van der Waals surface area contributed by atoms with Gasteiger partial charge in [-0.15, -0.1) is 0 Å². The molecule has 0 radical (unpaired) electrons. The van der Waals surface area contributed by atoms with Crippen LogP contribution in [0.2, 0.25) is 0 Å². The van der Waals surface area contributed by atoms with Crippen molar-refractivity contribution in [1.29, 1.82) is 0 Å². The fourth-order valence-electron chi connectivity index (χ4n) is 2.45. The van der Waals surface area contributed by atoms with Crippen LogP contribution in [0.25, 0.3) is 0 Å². The summed E-state index contributed by atoms with van der Waals surface area (Å²) in [7, 11) is 1.97. The van der Waals surface area contributed by atoms with Crippen LogP contribution in [0.4, 0.5) is 0 Å². The molecule has 0 amide bonds. The van der Waals surface area contributed by atoms with E-state index >= 15 is 0 Å². The third kappa shape index (κ3) is 3.01. The average Bonchev–Trinajstić information content (AvgIpc) is 2.81. The molecule has 2 rings (SSSR count). The standard InChI is InChI=1S/C12H21N5O/c1-16-11(2-6-14-16)5-9-17-7-3-10(4-8-17)12(13)15-18/h2,6,10,18H,3-5,7-9H2,1H3,(H2,13,15). The molecule has 0 aliphatic carbocycles. The Hall–Kier alpha value is -1.56. The van der Waals surface area contributed by atoms with Gasteiger partial charge in [-0.3, -0.25) is 4.68 Å². The Balaban J connectivity index is 1.76. The molecule has 0 saturated carbocycles. The number of nitrogens with two attached hydrogens (primary N) is 1. The van der Waals surface area contributed by atoms with E-state index in [1.54, 1.807) is 0 Å². The van der Waals surface area contributed by atoms with E-state index < -0.39 is 0 Å². The van der Waals surface area contributed by atoms with Crippen molar-refractivity contribution in [1.82, 2.24) is 14.7 Å².